The van der Waals surface area contributed by atoms with E-state index in [9.17, 15) is 10.1 Å². The molecular weight excluding hydrogens is 378 g/mol. The number of hydrogen-bond donors (Lipinski definition) is 0. The van der Waals surface area contributed by atoms with Gasteiger partial charge in [0.05, 0.1) is 35.3 Å². The molecule has 7 nitrogen and oxygen atoms in total. The second-order valence-electron chi connectivity index (χ2n) is 8.44. The van der Waals surface area contributed by atoms with Crippen LogP contribution in [0.2, 0.25) is 0 Å². The van der Waals surface area contributed by atoms with E-state index in [0.29, 0.717) is 22.5 Å². The monoisotopic (exact) mass is 403 g/mol. The predicted molar refractivity (Wildman–Crippen MR) is 114 cm³/mol. The van der Waals surface area contributed by atoms with Gasteiger partial charge < -0.3 is 9.64 Å². The summed E-state index contributed by atoms with van der Waals surface area (Å²) >= 11 is 0. The van der Waals surface area contributed by atoms with Gasteiger partial charge in [-0.3, -0.25) is 0 Å². The van der Waals surface area contributed by atoms with Crippen LogP contribution in [0, 0.1) is 24.8 Å². The number of carbonyl (C=O) groups is 1. The molecule has 1 aliphatic rings. The molecule has 0 N–H and O–H groups in total. The van der Waals surface area contributed by atoms with Crippen LogP contribution in [0.3, 0.4) is 0 Å². The molecule has 0 aliphatic carbocycles. The first-order valence-electron chi connectivity index (χ1n) is 9.65. The van der Waals surface area contributed by atoms with Crippen molar-refractivity contribution in [1.82, 2.24) is 14.7 Å². The summed E-state index contributed by atoms with van der Waals surface area (Å²) < 4.78 is 6.72. The van der Waals surface area contributed by atoms with E-state index < -0.39 is 17.6 Å². The highest BCUT2D eigenvalue weighted by Crippen LogP contribution is 2.42. The number of aromatic nitrogens is 2. The van der Waals surface area contributed by atoms with E-state index in [1.165, 1.54) is 4.68 Å². The highest BCUT2D eigenvalue weighted by atomic mass is 16.6. The summed E-state index contributed by atoms with van der Waals surface area (Å²) in [5.41, 5.74) is 4.22. The summed E-state index contributed by atoms with van der Waals surface area (Å²) in [7, 11) is 1.86. The number of rotatable bonds is 1. The molecule has 0 saturated carbocycles. The number of ether oxygens (including phenoxy) is 1. The van der Waals surface area contributed by atoms with E-state index >= 15 is 0 Å². The number of nitriles is 1. The summed E-state index contributed by atoms with van der Waals surface area (Å²) in [4.78, 5) is 18.2. The molecule has 30 heavy (non-hydrogen) atoms. The fraction of sp³-hybridized carbons (Fsp3) is 0.391. The van der Waals surface area contributed by atoms with Gasteiger partial charge in [-0.2, -0.15) is 15.0 Å². The third-order valence-corrected chi connectivity index (χ3v) is 5.36. The largest absolute Gasteiger partial charge is 0.442 e. The maximum Gasteiger partial charge on any atom is 0.435 e. The first-order chi connectivity index (χ1) is 14.0. The number of carbonyl (C=O) groups excluding carboxylic acids is 1. The minimum absolute atomic E-state index is 0.447. The Hall–Kier alpha value is -3.58. The van der Waals surface area contributed by atoms with Crippen LogP contribution in [0.25, 0.3) is 15.7 Å². The highest BCUT2D eigenvalue weighted by molar-refractivity contribution is 5.90. The van der Waals surface area contributed by atoms with Gasteiger partial charge in [0, 0.05) is 23.8 Å². The minimum Gasteiger partial charge on any atom is -0.442 e. The molecule has 154 valence electrons. The molecule has 2 heterocycles. The molecule has 0 saturated heterocycles. The van der Waals surface area contributed by atoms with E-state index in [2.05, 4.69) is 16.0 Å². The molecule has 0 bridgehead atoms. The van der Waals surface area contributed by atoms with Gasteiger partial charge >= 0.3 is 6.09 Å². The molecule has 1 unspecified atom stereocenters. The minimum atomic E-state index is -0.631. The van der Waals surface area contributed by atoms with Crippen LogP contribution in [-0.2, 0) is 4.74 Å². The topological polar surface area (TPSA) is 75.5 Å². The standard InChI is InChI=1S/C23H25N5O2/c1-13-17-11-16(9-10-19(17)28(26-13)22(29)30-23(4,5)6)20-18(12-24)14(2)27(8)15(3)21(20)25-7/h9-11,20H,1-6,8H3. The number of fused-ring (bicyclic) bond motifs is 1. The van der Waals surface area contributed by atoms with Gasteiger partial charge in [0.2, 0.25) is 0 Å². The molecule has 3 rings (SSSR count). The van der Waals surface area contributed by atoms with Crippen molar-refractivity contribution in [3.05, 3.63) is 63.5 Å². The third kappa shape index (κ3) is 3.44. The molecule has 2 aromatic rings. The van der Waals surface area contributed by atoms with Gasteiger partial charge in [-0.25, -0.2) is 9.64 Å². The van der Waals surface area contributed by atoms with Crippen molar-refractivity contribution >= 4 is 17.0 Å². The zero-order chi connectivity index (χ0) is 22.4. The fourth-order valence-electron chi connectivity index (χ4n) is 3.68. The molecule has 1 aromatic carbocycles. The number of aryl methyl sites for hydroxylation is 1. The van der Waals surface area contributed by atoms with Crippen LogP contribution in [0.5, 0.6) is 0 Å². The van der Waals surface area contributed by atoms with Crippen molar-refractivity contribution in [1.29, 1.82) is 5.26 Å². The molecule has 1 atom stereocenters. The first-order valence-corrected chi connectivity index (χ1v) is 9.65. The summed E-state index contributed by atoms with van der Waals surface area (Å²) in [6.07, 6.45) is -0.543. The normalized spacial score (nSPS) is 17.2. The quantitative estimate of drug-likeness (QED) is 0.619. The third-order valence-electron chi connectivity index (χ3n) is 5.36. The predicted octanol–water partition coefficient (Wildman–Crippen LogP) is 5.11. The maximum absolute atomic E-state index is 12.6. The lowest BCUT2D eigenvalue weighted by Crippen LogP contribution is -2.27. The van der Waals surface area contributed by atoms with Gasteiger partial charge in [-0.05, 0) is 59.2 Å². The lowest BCUT2D eigenvalue weighted by atomic mass is 9.84. The van der Waals surface area contributed by atoms with E-state index in [1.54, 1.807) is 26.8 Å². The molecular formula is C23H25N5O2. The second kappa shape index (κ2) is 7.35. The Labute approximate surface area is 176 Å². The second-order valence-corrected chi connectivity index (χ2v) is 8.44. The van der Waals surface area contributed by atoms with Crippen molar-refractivity contribution in [2.45, 2.75) is 53.1 Å². The van der Waals surface area contributed by atoms with Gasteiger partial charge in [-0.1, -0.05) is 6.07 Å². The molecule has 0 spiro atoms. The molecule has 7 heteroatoms. The Balaban J connectivity index is 2.17. The van der Waals surface area contributed by atoms with Gasteiger partial charge in [0.15, 0.2) is 5.70 Å². The summed E-state index contributed by atoms with van der Waals surface area (Å²) in [6.45, 7) is 18.7. The number of allylic oxidation sites excluding steroid dienone is 3. The summed E-state index contributed by atoms with van der Waals surface area (Å²) in [5, 5.41) is 15.0. The molecule has 0 radical (unpaired) electrons. The number of benzene rings is 1. The molecule has 0 fully saturated rings. The smallest absolute Gasteiger partial charge is 0.435 e. The first kappa shape index (κ1) is 21.1. The summed E-state index contributed by atoms with van der Waals surface area (Å²) in [6, 6.07) is 7.86. The summed E-state index contributed by atoms with van der Waals surface area (Å²) in [5.74, 6) is -0.447. The Morgan fingerprint density at radius 1 is 1.27 bits per heavy atom. The van der Waals surface area contributed by atoms with Crippen LogP contribution >= 0.6 is 0 Å². The maximum atomic E-state index is 12.6. The van der Waals surface area contributed by atoms with Gasteiger partial charge in [0.25, 0.3) is 0 Å². The number of nitrogens with zero attached hydrogens (tertiary/aromatic N) is 5. The van der Waals surface area contributed by atoms with Crippen molar-refractivity contribution in [3.63, 3.8) is 0 Å². The van der Waals surface area contributed by atoms with Crippen LogP contribution in [0.15, 0.2) is 40.9 Å². The van der Waals surface area contributed by atoms with Crippen molar-refractivity contribution in [3.8, 4) is 6.07 Å². The van der Waals surface area contributed by atoms with Crippen LogP contribution < -0.4 is 0 Å². The van der Waals surface area contributed by atoms with Crippen LogP contribution in [-0.4, -0.2) is 33.4 Å². The zero-order valence-corrected chi connectivity index (χ0v) is 18.4. The SMILES string of the molecule is [C-]#[N+]C1=C(C)N(C)C(C)=C(C#N)C1c1ccc2c(c1)c(C)nn2C(=O)OC(C)(C)C. The van der Waals surface area contributed by atoms with Crippen molar-refractivity contribution in [2.24, 2.45) is 0 Å². The van der Waals surface area contributed by atoms with Crippen molar-refractivity contribution < 1.29 is 9.53 Å². The van der Waals surface area contributed by atoms with Crippen molar-refractivity contribution in [2.75, 3.05) is 7.05 Å². The molecule has 1 aromatic heterocycles. The Morgan fingerprint density at radius 3 is 2.50 bits per heavy atom. The van der Waals surface area contributed by atoms with Gasteiger partial charge in [-0.15, -0.1) is 0 Å². The Bertz CT molecular complexity index is 1160. The van der Waals surface area contributed by atoms with E-state index in [4.69, 9.17) is 11.3 Å². The van der Waals surface area contributed by atoms with Crippen LogP contribution in [0.1, 0.15) is 51.8 Å². The van der Waals surface area contributed by atoms with E-state index in [-0.39, 0.29) is 0 Å². The molecule has 0 amide bonds. The molecule has 1 aliphatic heterocycles. The Morgan fingerprint density at radius 2 is 1.93 bits per heavy atom. The average Bonchev–Trinajstić information content (AvgIpc) is 3.01. The average molecular weight is 403 g/mol. The van der Waals surface area contributed by atoms with E-state index in [0.717, 1.165) is 22.3 Å². The lowest BCUT2D eigenvalue weighted by Gasteiger charge is -2.32. The fourth-order valence-corrected chi connectivity index (χ4v) is 3.68. The van der Waals surface area contributed by atoms with Crippen LogP contribution in [0.4, 0.5) is 4.79 Å². The Kier molecular flexibility index (Phi) is 5.18. The lowest BCUT2D eigenvalue weighted by molar-refractivity contribution is 0.0522. The van der Waals surface area contributed by atoms with Gasteiger partial charge in [0.1, 0.15) is 5.60 Å². The highest BCUT2D eigenvalue weighted by Gasteiger charge is 2.33. The number of hydrogen-bond acceptors (Lipinski definition) is 5. The van der Waals surface area contributed by atoms with E-state index in [1.807, 2.05) is 44.9 Å². The zero-order valence-electron chi connectivity index (χ0n) is 18.4.